The summed E-state index contributed by atoms with van der Waals surface area (Å²) in [6, 6.07) is 19.0. The summed E-state index contributed by atoms with van der Waals surface area (Å²) in [5.74, 6) is 1.17. The minimum absolute atomic E-state index is 0.709. The average Bonchev–Trinajstić information content (AvgIpc) is 3.22. The van der Waals surface area contributed by atoms with Crippen LogP contribution in [0.2, 0.25) is 0 Å². The molecule has 0 atom stereocenters. The molecule has 174 valence electrons. The summed E-state index contributed by atoms with van der Waals surface area (Å²) in [5.41, 5.74) is 4.61. The van der Waals surface area contributed by atoms with Crippen LogP contribution in [0.5, 0.6) is 0 Å². The molecule has 4 rings (SSSR count). The molecule has 0 aliphatic rings. The summed E-state index contributed by atoms with van der Waals surface area (Å²) < 4.78 is 8.44. The first-order chi connectivity index (χ1) is 16.4. The fourth-order valence-corrected chi connectivity index (χ4v) is 4.59. The van der Waals surface area contributed by atoms with Crippen molar-refractivity contribution in [3.8, 4) is 0 Å². The van der Waals surface area contributed by atoms with Crippen molar-refractivity contribution in [1.29, 1.82) is 0 Å². The van der Waals surface area contributed by atoms with Gasteiger partial charge >= 0.3 is 0 Å². The van der Waals surface area contributed by atoms with Gasteiger partial charge < -0.3 is 9.30 Å². The van der Waals surface area contributed by atoms with Gasteiger partial charge in [0.15, 0.2) is 0 Å². The number of para-hydroxylation sites is 1. The molecule has 33 heavy (non-hydrogen) atoms. The summed E-state index contributed by atoms with van der Waals surface area (Å²) in [5, 5.41) is 1.18. The SMILES string of the molecule is CCCCCCCCc1nc2cnc3ccccc3c2n1CCOCCCc1ccccc1. The van der Waals surface area contributed by atoms with Crippen LogP contribution in [-0.4, -0.2) is 27.7 Å². The van der Waals surface area contributed by atoms with E-state index in [0.717, 1.165) is 43.4 Å². The van der Waals surface area contributed by atoms with E-state index in [1.54, 1.807) is 0 Å². The van der Waals surface area contributed by atoms with Crippen molar-refractivity contribution in [3.05, 3.63) is 72.2 Å². The van der Waals surface area contributed by atoms with Gasteiger partial charge in [0.1, 0.15) is 11.3 Å². The lowest BCUT2D eigenvalue weighted by molar-refractivity contribution is 0.124. The van der Waals surface area contributed by atoms with Gasteiger partial charge in [-0.2, -0.15) is 0 Å². The number of imidazole rings is 1. The predicted molar refractivity (Wildman–Crippen MR) is 138 cm³/mol. The fourth-order valence-electron chi connectivity index (χ4n) is 4.59. The third-order valence-corrected chi connectivity index (χ3v) is 6.37. The standard InChI is InChI=1S/C29H37N3O/c1-2-3-4-5-6-10-19-28-31-27-23-30-26-18-12-11-17-25(26)29(27)32(28)20-22-33-21-13-16-24-14-8-7-9-15-24/h7-9,11-12,14-15,17-18,23H,2-6,10,13,16,19-22H2,1H3. The Morgan fingerprint density at radius 1 is 0.758 bits per heavy atom. The van der Waals surface area contributed by atoms with E-state index in [-0.39, 0.29) is 0 Å². The third kappa shape index (κ3) is 6.42. The largest absolute Gasteiger partial charge is 0.380 e. The molecule has 0 saturated carbocycles. The number of aryl methyl sites for hydroxylation is 2. The number of hydrogen-bond acceptors (Lipinski definition) is 3. The van der Waals surface area contributed by atoms with Crippen molar-refractivity contribution in [3.63, 3.8) is 0 Å². The van der Waals surface area contributed by atoms with E-state index < -0.39 is 0 Å². The van der Waals surface area contributed by atoms with Crippen LogP contribution < -0.4 is 0 Å². The van der Waals surface area contributed by atoms with Gasteiger partial charge in [0.25, 0.3) is 0 Å². The van der Waals surface area contributed by atoms with Gasteiger partial charge in [0.2, 0.25) is 0 Å². The van der Waals surface area contributed by atoms with E-state index in [1.165, 1.54) is 60.8 Å². The normalized spacial score (nSPS) is 11.5. The molecule has 0 unspecified atom stereocenters. The van der Waals surface area contributed by atoms with Gasteiger partial charge in [0.05, 0.1) is 23.8 Å². The molecule has 0 amide bonds. The number of unbranched alkanes of at least 4 members (excludes halogenated alkanes) is 5. The van der Waals surface area contributed by atoms with Crippen LogP contribution >= 0.6 is 0 Å². The first-order valence-electron chi connectivity index (χ1n) is 12.7. The third-order valence-electron chi connectivity index (χ3n) is 6.37. The fraction of sp³-hybridized carbons (Fsp3) is 0.448. The average molecular weight is 444 g/mol. The van der Waals surface area contributed by atoms with Gasteiger partial charge in [-0.15, -0.1) is 0 Å². The van der Waals surface area contributed by atoms with Crippen LogP contribution in [-0.2, 0) is 24.1 Å². The highest BCUT2D eigenvalue weighted by atomic mass is 16.5. The zero-order valence-corrected chi connectivity index (χ0v) is 20.0. The van der Waals surface area contributed by atoms with Gasteiger partial charge in [-0.1, -0.05) is 87.6 Å². The minimum atomic E-state index is 0.709. The zero-order valence-electron chi connectivity index (χ0n) is 20.0. The second kappa shape index (κ2) is 12.5. The number of ether oxygens (including phenoxy) is 1. The van der Waals surface area contributed by atoms with E-state index in [4.69, 9.17) is 9.72 Å². The molecule has 0 bridgehead atoms. The monoisotopic (exact) mass is 443 g/mol. The Morgan fingerprint density at radius 3 is 2.42 bits per heavy atom. The lowest BCUT2D eigenvalue weighted by Gasteiger charge is -2.11. The van der Waals surface area contributed by atoms with Crippen LogP contribution in [0.4, 0.5) is 0 Å². The highest BCUT2D eigenvalue weighted by molar-refractivity contribution is 6.02. The van der Waals surface area contributed by atoms with Gasteiger partial charge in [-0.25, -0.2) is 4.98 Å². The Hall–Kier alpha value is -2.72. The molecule has 0 N–H and O–H groups in total. The smallest absolute Gasteiger partial charge is 0.110 e. The van der Waals surface area contributed by atoms with Crippen LogP contribution in [0.1, 0.15) is 63.3 Å². The quantitative estimate of drug-likeness (QED) is 0.194. The highest BCUT2D eigenvalue weighted by Crippen LogP contribution is 2.25. The minimum Gasteiger partial charge on any atom is -0.380 e. The van der Waals surface area contributed by atoms with Crippen molar-refractivity contribution < 1.29 is 4.74 Å². The topological polar surface area (TPSA) is 39.9 Å². The Labute approximate surface area is 198 Å². The summed E-state index contributed by atoms with van der Waals surface area (Å²) in [4.78, 5) is 9.63. The molecular formula is C29H37N3O. The molecule has 0 saturated heterocycles. The van der Waals surface area contributed by atoms with Crippen LogP contribution in [0.3, 0.4) is 0 Å². The Balaban J connectivity index is 1.40. The molecule has 4 nitrogen and oxygen atoms in total. The molecule has 0 radical (unpaired) electrons. The number of nitrogens with zero attached hydrogens (tertiary/aromatic N) is 3. The second-order valence-electron chi connectivity index (χ2n) is 8.91. The number of rotatable bonds is 14. The maximum absolute atomic E-state index is 6.05. The summed E-state index contributed by atoms with van der Waals surface area (Å²) in [7, 11) is 0. The van der Waals surface area contributed by atoms with Crippen molar-refractivity contribution in [2.24, 2.45) is 0 Å². The second-order valence-corrected chi connectivity index (χ2v) is 8.91. The van der Waals surface area contributed by atoms with E-state index >= 15 is 0 Å². The molecule has 0 aliphatic carbocycles. The molecule has 0 aliphatic heterocycles. The van der Waals surface area contributed by atoms with Gasteiger partial charge in [-0.3, -0.25) is 4.98 Å². The Bertz CT molecular complexity index is 1120. The van der Waals surface area contributed by atoms with Crippen molar-refractivity contribution in [2.45, 2.75) is 71.3 Å². The van der Waals surface area contributed by atoms with Crippen LogP contribution in [0.25, 0.3) is 21.9 Å². The molecule has 2 aromatic heterocycles. The van der Waals surface area contributed by atoms with E-state index in [9.17, 15) is 0 Å². The van der Waals surface area contributed by atoms with Gasteiger partial charge in [0, 0.05) is 25.0 Å². The first kappa shape index (κ1) is 23.4. The molecule has 2 aromatic carbocycles. The van der Waals surface area contributed by atoms with E-state index in [1.807, 2.05) is 6.20 Å². The maximum Gasteiger partial charge on any atom is 0.110 e. The molecular weight excluding hydrogens is 406 g/mol. The maximum atomic E-state index is 6.05. The first-order valence-corrected chi connectivity index (χ1v) is 12.7. The Kier molecular flexibility index (Phi) is 8.88. The summed E-state index contributed by atoms with van der Waals surface area (Å²) in [6.07, 6.45) is 12.8. The van der Waals surface area contributed by atoms with Crippen molar-refractivity contribution >= 4 is 21.9 Å². The van der Waals surface area contributed by atoms with Crippen molar-refractivity contribution in [1.82, 2.24) is 14.5 Å². The van der Waals surface area contributed by atoms with E-state index in [2.05, 4.69) is 71.1 Å². The number of fused-ring (bicyclic) bond motifs is 3. The van der Waals surface area contributed by atoms with Crippen LogP contribution in [0, 0.1) is 0 Å². The number of aromatic nitrogens is 3. The zero-order chi connectivity index (χ0) is 22.7. The summed E-state index contributed by atoms with van der Waals surface area (Å²) in [6.45, 7) is 4.60. The molecule has 4 aromatic rings. The molecule has 2 heterocycles. The molecule has 0 spiro atoms. The van der Waals surface area contributed by atoms with Gasteiger partial charge in [-0.05, 0) is 30.9 Å². The molecule has 0 fully saturated rings. The molecule has 4 heteroatoms. The van der Waals surface area contributed by atoms with Crippen molar-refractivity contribution in [2.75, 3.05) is 13.2 Å². The predicted octanol–water partition coefficient (Wildman–Crippen LogP) is 7.14. The Morgan fingerprint density at radius 2 is 1.55 bits per heavy atom. The highest BCUT2D eigenvalue weighted by Gasteiger charge is 2.14. The lowest BCUT2D eigenvalue weighted by atomic mass is 10.1. The number of pyridine rings is 1. The summed E-state index contributed by atoms with van der Waals surface area (Å²) >= 11 is 0. The van der Waals surface area contributed by atoms with Crippen LogP contribution in [0.15, 0.2) is 60.8 Å². The number of hydrogen-bond donors (Lipinski definition) is 0. The number of benzene rings is 2. The lowest BCUT2D eigenvalue weighted by Crippen LogP contribution is -2.11. The van der Waals surface area contributed by atoms with E-state index in [0.29, 0.717) is 6.61 Å².